The Bertz CT molecular complexity index is 672. The van der Waals surface area contributed by atoms with Gasteiger partial charge in [-0.2, -0.15) is 0 Å². The van der Waals surface area contributed by atoms with Gasteiger partial charge >= 0.3 is 6.03 Å². The summed E-state index contributed by atoms with van der Waals surface area (Å²) in [4.78, 5) is 11.7. The second kappa shape index (κ2) is 9.18. The lowest BCUT2D eigenvalue weighted by molar-refractivity contribution is 0.236. The molecule has 24 heavy (non-hydrogen) atoms. The third-order valence-corrected chi connectivity index (χ3v) is 3.84. The van der Waals surface area contributed by atoms with Crippen LogP contribution in [0.2, 0.25) is 5.02 Å². The molecule has 0 spiro atoms. The number of hydrogen-bond acceptors (Lipinski definition) is 2. The Hall–Kier alpha value is -2.20. The maximum Gasteiger partial charge on any atom is 0.314 e. The van der Waals surface area contributed by atoms with Crippen molar-refractivity contribution < 1.29 is 9.53 Å². The fraction of sp³-hybridized carbons (Fsp3) is 0.316. The molecule has 0 aliphatic rings. The van der Waals surface area contributed by atoms with Crippen LogP contribution in [0, 0.1) is 13.8 Å². The predicted molar refractivity (Wildman–Crippen MR) is 98.0 cm³/mol. The summed E-state index contributed by atoms with van der Waals surface area (Å²) in [5.41, 5.74) is 3.44. The summed E-state index contributed by atoms with van der Waals surface area (Å²) < 4.78 is 5.67. The first kappa shape index (κ1) is 18.1. The molecule has 2 amide bonds. The van der Waals surface area contributed by atoms with Crippen LogP contribution < -0.4 is 15.4 Å². The maximum atomic E-state index is 11.7. The van der Waals surface area contributed by atoms with Crippen LogP contribution in [0.5, 0.6) is 5.75 Å². The molecule has 128 valence electrons. The lowest BCUT2D eigenvalue weighted by Crippen LogP contribution is -2.38. The molecular formula is C19H23ClN2O2. The van der Waals surface area contributed by atoms with E-state index in [2.05, 4.69) is 16.7 Å². The van der Waals surface area contributed by atoms with Crippen LogP contribution in [0.4, 0.5) is 4.79 Å². The molecule has 2 aromatic rings. The molecule has 4 nitrogen and oxygen atoms in total. The van der Waals surface area contributed by atoms with Crippen LogP contribution in [0.3, 0.4) is 0 Å². The van der Waals surface area contributed by atoms with E-state index < -0.39 is 0 Å². The maximum absolute atomic E-state index is 11.7. The van der Waals surface area contributed by atoms with Gasteiger partial charge in [0.15, 0.2) is 0 Å². The van der Waals surface area contributed by atoms with Gasteiger partial charge in [0.2, 0.25) is 0 Å². The zero-order chi connectivity index (χ0) is 17.4. The van der Waals surface area contributed by atoms with Gasteiger partial charge in [-0.3, -0.25) is 0 Å². The molecule has 0 radical (unpaired) electrons. The molecule has 0 aliphatic heterocycles. The van der Waals surface area contributed by atoms with Crippen LogP contribution in [-0.2, 0) is 6.42 Å². The zero-order valence-electron chi connectivity index (χ0n) is 14.1. The summed E-state index contributed by atoms with van der Waals surface area (Å²) >= 11 is 5.84. The van der Waals surface area contributed by atoms with Crippen molar-refractivity contribution >= 4 is 17.6 Å². The molecule has 0 bridgehead atoms. The summed E-state index contributed by atoms with van der Waals surface area (Å²) in [5, 5.41) is 6.32. The molecule has 2 rings (SSSR count). The average molecular weight is 347 g/mol. The summed E-state index contributed by atoms with van der Waals surface area (Å²) in [6.07, 6.45) is 0.768. The Labute approximate surface area is 148 Å². The van der Waals surface area contributed by atoms with Crippen molar-refractivity contribution in [1.29, 1.82) is 0 Å². The highest BCUT2D eigenvalue weighted by Gasteiger charge is 2.02. The lowest BCUT2D eigenvalue weighted by Gasteiger charge is -2.11. The molecule has 0 saturated heterocycles. The molecule has 0 saturated carbocycles. The van der Waals surface area contributed by atoms with Gasteiger partial charge in [-0.15, -0.1) is 0 Å². The van der Waals surface area contributed by atoms with Crippen LogP contribution in [0.25, 0.3) is 0 Å². The van der Waals surface area contributed by atoms with Gasteiger partial charge < -0.3 is 15.4 Å². The first-order valence-electron chi connectivity index (χ1n) is 8.01. The molecule has 2 aromatic carbocycles. The number of hydrogen-bond donors (Lipinski definition) is 2. The quantitative estimate of drug-likeness (QED) is 0.747. The number of aryl methyl sites for hydroxylation is 2. The van der Waals surface area contributed by atoms with Crippen LogP contribution in [0.1, 0.15) is 16.7 Å². The second-order valence-corrected chi connectivity index (χ2v) is 6.11. The molecule has 2 N–H and O–H groups in total. The van der Waals surface area contributed by atoms with Crippen molar-refractivity contribution in [3.8, 4) is 5.75 Å². The largest absolute Gasteiger partial charge is 0.491 e. The average Bonchev–Trinajstić information content (AvgIpc) is 2.55. The van der Waals surface area contributed by atoms with E-state index in [0.29, 0.717) is 24.7 Å². The van der Waals surface area contributed by atoms with Gasteiger partial charge in [-0.05, 0) is 49.6 Å². The van der Waals surface area contributed by atoms with Gasteiger partial charge in [-0.25, -0.2) is 4.79 Å². The van der Waals surface area contributed by atoms with Gasteiger partial charge in [0, 0.05) is 11.6 Å². The first-order chi connectivity index (χ1) is 11.5. The molecule has 0 aliphatic carbocycles. The Morgan fingerprint density at radius 3 is 2.46 bits per heavy atom. The summed E-state index contributed by atoms with van der Waals surface area (Å²) in [7, 11) is 0. The van der Waals surface area contributed by atoms with E-state index >= 15 is 0 Å². The van der Waals surface area contributed by atoms with Crippen LogP contribution >= 0.6 is 11.6 Å². The fourth-order valence-corrected chi connectivity index (χ4v) is 2.45. The number of urea groups is 1. The van der Waals surface area contributed by atoms with E-state index in [1.165, 1.54) is 5.56 Å². The number of amides is 2. The number of carbonyl (C=O) groups excluding carboxylic acids is 1. The van der Waals surface area contributed by atoms with E-state index in [0.717, 1.165) is 23.3 Å². The molecule has 5 heteroatoms. The van der Waals surface area contributed by atoms with Gasteiger partial charge in [0.25, 0.3) is 0 Å². The predicted octanol–water partition coefficient (Wildman–Crippen LogP) is 3.88. The highest BCUT2D eigenvalue weighted by Crippen LogP contribution is 2.18. The monoisotopic (exact) mass is 346 g/mol. The van der Waals surface area contributed by atoms with Crippen LogP contribution in [0.15, 0.2) is 42.5 Å². The highest BCUT2D eigenvalue weighted by molar-refractivity contribution is 6.30. The van der Waals surface area contributed by atoms with Gasteiger partial charge in [0.1, 0.15) is 12.4 Å². The number of halogens is 1. The third-order valence-electron chi connectivity index (χ3n) is 3.59. The Morgan fingerprint density at radius 1 is 1.04 bits per heavy atom. The molecule has 0 heterocycles. The Kier molecular flexibility index (Phi) is 6.94. The molecular weight excluding hydrogens is 324 g/mol. The Balaban J connectivity index is 1.60. The number of benzene rings is 2. The minimum Gasteiger partial charge on any atom is -0.491 e. The van der Waals surface area contributed by atoms with E-state index in [-0.39, 0.29) is 6.03 Å². The normalized spacial score (nSPS) is 10.3. The molecule has 0 atom stereocenters. The van der Waals surface area contributed by atoms with E-state index in [1.54, 1.807) is 0 Å². The van der Waals surface area contributed by atoms with E-state index in [4.69, 9.17) is 16.3 Å². The molecule has 0 aromatic heterocycles. The van der Waals surface area contributed by atoms with Crippen molar-refractivity contribution in [2.24, 2.45) is 0 Å². The van der Waals surface area contributed by atoms with Crippen molar-refractivity contribution in [1.82, 2.24) is 10.6 Å². The van der Waals surface area contributed by atoms with Crippen LogP contribution in [-0.4, -0.2) is 25.7 Å². The summed E-state index contributed by atoms with van der Waals surface area (Å²) in [6, 6.07) is 13.5. The summed E-state index contributed by atoms with van der Waals surface area (Å²) in [5.74, 6) is 0.852. The third kappa shape index (κ3) is 6.13. The highest BCUT2D eigenvalue weighted by atomic mass is 35.5. The minimum atomic E-state index is -0.187. The second-order valence-electron chi connectivity index (χ2n) is 5.68. The number of carbonyl (C=O) groups is 1. The topological polar surface area (TPSA) is 50.4 Å². The van der Waals surface area contributed by atoms with E-state index in [9.17, 15) is 4.79 Å². The molecule has 0 fully saturated rings. The fourth-order valence-electron chi connectivity index (χ4n) is 2.32. The number of rotatable bonds is 7. The first-order valence-corrected chi connectivity index (χ1v) is 8.38. The standard InChI is InChI=1S/C19H23ClN2O2/c1-14-3-8-18(15(2)13-14)24-12-11-22-19(23)21-10-9-16-4-6-17(20)7-5-16/h3-8,13H,9-12H2,1-2H3,(H2,21,22,23). The Morgan fingerprint density at radius 2 is 1.75 bits per heavy atom. The smallest absolute Gasteiger partial charge is 0.314 e. The van der Waals surface area contributed by atoms with Gasteiger partial charge in [-0.1, -0.05) is 41.4 Å². The lowest BCUT2D eigenvalue weighted by atomic mass is 10.1. The van der Waals surface area contributed by atoms with Crippen molar-refractivity contribution in [3.05, 3.63) is 64.2 Å². The summed E-state index contributed by atoms with van der Waals surface area (Å²) in [6.45, 7) is 5.53. The number of ether oxygens (including phenoxy) is 1. The number of nitrogens with one attached hydrogen (secondary N) is 2. The van der Waals surface area contributed by atoms with Gasteiger partial charge in [0.05, 0.1) is 6.54 Å². The van der Waals surface area contributed by atoms with Crippen molar-refractivity contribution in [2.45, 2.75) is 20.3 Å². The molecule has 0 unspecified atom stereocenters. The van der Waals surface area contributed by atoms with E-state index in [1.807, 2.05) is 50.2 Å². The van der Waals surface area contributed by atoms with Crippen molar-refractivity contribution in [2.75, 3.05) is 19.7 Å². The zero-order valence-corrected chi connectivity index (χ0v) is 14.8. The van der Waals surface area contributed by atoms with Crippen molar-refractivity contribution in [3.63, 3.8) is 0 Å². The minimum absolute atomic E-state index is 0.187. The SMILES string of the molecule is Cc1ccc(OCCNC(=O)NCCc2ccc(Cl)cc2)c(C)c1.